The Hall–Kier alpha value is -4.49. The Labute approximate surface area is 285 Å². The summed E-state index contributed by atoms with van der Waals surface area (Å²) >= 11 is 0. The normalized spacial score (nSPS) is 17.8. The molecule has 0 aliphatic heterocycles. The van der Waals surface area contributed by atoms with Crippen LogP contribution in [-0.4, -0.2) is 48.9 Å². The van der Waals surface area contributed by atoms with Crippen LogP contribution in [-0.2, 0) is 15.7 Å². The average Bonchev–Trinajstić information content (AvgIpc) is 3.06. The van der Waals surface area contributed by atoms with E-state index in [1.807, 2.05) is 43.4 Å². The number of nitrogens with one attached hydrogen (secondary N) is 1. The standard InChI is InChI=1S/C17H18F3NO.C17H24O3.C2H5N3O2/c1-21-12-11-16(13-5-3-2-4-6-13)22-15-9-7-14(8-10-15)17(18,19)20;1-12-9-14(11-17(2,3)10-12)20-16(19)15(18)13-7-5-4-6-8-13;1-5(4-7)2(3)6/h2-10,16,21H,11-12H2,1H3;4-8,12,14-15,18H,9-11H2,1-3H3;1H3,(H2,3,6). The van der Waals surface area contributed by atoms with Crippen molar-refractivity contribution in [1.82, 2.24) is 10.3 Å². The Morgan fingerprint density at radius 3 is 2.00 bits per heavy atom. The lowest BCUT2D eigenvalue weighted by atomic mass is 9.71. The van der Waals surface area contributed by atoms with Gasteiger partial charge in [0.25, 0.3) is 0 Å². The highest BCUT2D eigenvalue weighted by molar-refractivity contribution is 5.76. The van der Waals surface area contributed by atoms with Crippen molar-refractivity contribution in [3.05, 3.63) is 107 Å². The summed E-state index contributed by atoms with van der Waals surface area (Å²) in [6.07, 6.45) is -2.17. The quantitative estimate of drug-likeness (QED) is 0.113. The monoisotopic (exact) mass is 688 g/mol. The van der Waals surface area contributed by atoms with E-state index in [0.717, 1.165) is 49.9 Å². The number of alkyl halides is 3. The molecule has 49 heavy (non-hydrogen) atoms. The zero-order chi connectivity index (χ0) is 36.6. The summed E-state index contributed by atoms with van der Waals surface area (Å²) in [6, 6.07) is 22.5. The number of primary amides is 1. The van der Waals surface area contributed by atoms with Crippen LogP contribution in [0.5, 0.6) is 5.75 Å². The Morgan fingerprint density at radius 1 is 1.00 bits per heavy atom. The number of nitroso groups, excluding NO2 is 1. The van der Waals surface area contributed by atoms with Crippen molar-refractivity contribution in [3.8, 4) is 5.75 Å². The van der Waals surface area contributed by atoms with Gasteiger partial charge in [-0.1, -0.05) is 81.4 Å². The lowest BCUT2D eigenvalue weighted by Crippen LogP contribution is -2.35. The predicted molar refractivity (Wildman–Crippen MR) is 181 cm³/mol. The van der Waals surface area contributed by atoms with Crippen molar-refractivity contribution in [3.63, 3.8) is 0 Å². The predicted octanol–water partition coefficient (Wildman–Crippen LogP) is 7.59. The maximum absolute atomic E-state index is 12.6. The van der Waals surface area contributed by atoms with Gasteiger partial charge in [0.2, 0.25) is 0 Å². The lowest BCUT2D eigenvalue weighted by molar-refractivity contribution is -0.163. The largest absolute Gasteiger partial charge is 0.486 e. The number of aliphatic hydroxyl groups is 1. The van der Waals surface area contributed by atoms with E-state index in [2.05, 4.69) is 37.1 Å². The molecule has 2 amide bonds. The van der Waals surface area contributed by atoms with E-state index >= 15 is 0 Å². The van der Waals surface area contributed by atoms with Gasteiger partial charge in [0.1, 0.15) is 18.0 Å². The molecule has 3 aromatic rings. The molecule has 10 nitrogen and oxygen atoms in total. The highest BCUT2D eigenvalue weighted by Crippen LogP contribution is 2.40. The van der Waals surface area contributed by atoms with Crippen LogP contribution in [0.4, 0.5) is 18.0 Å². The number of ether oxygens (including phenoxy) is 2. The van der Waals surface area contributed by atoms with Crippen LogP contribution >= 0.6 is 0 Å². The number of halogens is 3. The van der Waals surface area contributed by atoms with E-state index in [0.29, 0.717) is 22.2 Å². The van der Waals surface area contributed by atoms with Gasteiger partial charge in [-0.25, -0.2) is 9.59 Å². The fourth-order valence-corrected chi connectivity index (χ4v) is 5.51. The highest BCUT2D eigenvalue weighted by Gasteiger charge is 2.35. The van der Waals surface area contributed by atoms with E-state index in [4.69, 9.17) is 9.47 Å². The van der Waals surface area contributed by atoms with Gasteiger partial charge in [0.15, 0.2) is 6.10 Å². The molecular weight excluding hydrogens is 641 g/mol. The molecule has 1 fully saturated rings. The van der Waals surface area contributed by atoms with Crippen molar-refractivity contribution in [2.75, 3.05) is 20.6 Å². The smallest absolute Gasteiger partial charge is 0.416 e. The molecule has 0 heterocycles. The van der Waals surface area contributed by atoms with Crippen molar-refractivity contribution >= 4 is 12.0 Å². The molecule has 0 radical (unpaired) electrons. The van der Waals surface area contributed by atoms with E-state index in [9.17, 15) is 32.8 Å². The minimum Gasteiger partial charge on any atom is -0.486 e. The van der Waals surface area contributed by atoms with Gasteiger partial charge in [0.05, 0.1) is 10.8 Å². The lowest BCUT2D eigenvalue weighted by Gasteiger charge is -2.38. The SMILES string of the molecule is CC1CC(OC(=O)C(O)c2ccccc2)CC(C)(C)C1.CN(N=O)C(N)=O.CNCCC(Oc1ccc(C(F)(F)F)cc1)c1ccccc1. The molecule has 4 atom stereocenters. The van der Waals surface area contributed by atoms with Gasteiger partial charge in [-0.3, -0.25) is 0 Å². The molecular formula is C36H47F3N4O6. The molecule has 4 unspecified atom stereocenters. The second-order valence-electron chi connectivity index (χ2n) is 12.7. The van der Waals surface area contributed by atoms with Gasteiger partial charge in [-0.05, 0) is 79.6 Å². The average molecular weight is 689 g/mol. The molecule has 13 heteroatoms. The van der Waals surface area contributed by atoms with Crippen LogP contribution in [0.2, 0.25) is 0 Å². The van der Waals surface area contributed by atoms with Crippen LogP contribution in [0, 0.1) is 16.2 Å². The Bertz CT molecular complexity index is 1430. The van der Waals surface area contributed by atoms with Crippen molar-refractivity contribution < 1.29 is 37.3 Å². The third kappa shape index (κ3) is 14.7. The van der Waals surface area contributed by atoms with Crippen LogP contribution in [0.1, 0.15) is 75.4 Å². The van der Waals surface area contributed by atoms with E-state index < -0.39 is 29.8 Å². The second kappa shape index (κ2) is 19.5. The summed E-state index contributed by atoms with van der Waals surface area (Å²) in [5.74, 6) is 0.439. The van der Waals surface area contributed by atoms with Crippen LogP contribution in [0.25, 0.3) is 0 Å². The first-order chi connectivity index (χ1) is 23.1. The number of nitrogens with zero attached hydrogens (tertiary/aromatic N) is 2. The maximum Gasteiger partial charge on any atom is 0.416 e. The zero-order valence-corrected chi connectivity index (χ0v) is 28.5. The highest BCUT2D eigenvalue weighted by atomic mass is 19.4. The number of hydrogen-bond acceptors (Lipinski definition) is 8. The summed E-state index contributed by atoms with van der Waals surface area (Å²) in [7, 11) is 3.02. The summed E-state index contributed by atoms with van der Waals surface area (Å²) in [6.45, 7) is 7.35. The number of carbonyl (C=O) groups excluding carboxylic acids is 2. The first-order valence-electron chi connectivity index (χ1n) is 15.9. The molecule has 0 spiro atoms. The number of urea groups is 1. The number of aliphatic hydroxyl groups excluding tert-OH is 1. The number of amides is 2. The molecule has 268 valence electrons. The maximum atomic E-state index is 12.6. The van der Waals surface area contributed by atoms with Gasteiger partial charge < -0.3 is 25.6 Å². The topological polar surface area (TPSA) is 144 Å². The fourth-order valence-electron chi connectivity index (χ4n) is 5.51. The van der Waals surface area contributed by atoms with Crippen LogP contribution in [0.3, 0.4) is 0 Å². The fraction of sp³-hybridized carbons (Fsp3) is 0.444. The van der Waals surface area contributed by atoms with Crippen molar-refractivity contribution in [2.24, 2.45) is 22.4 Å². The Morgan fingerprint density at radius 2 is 1.55 bits per heavy atom. The molecule has 3 aromatic carbocycles. The summed E-state index contributed by atoms with van der Waals surface area (Å²) in [4.78, 5) is 31.2. The van der Waals surface area contributed by atoms with Gasteiger partial charge in [0, 0.05) is 13.5 Å². The number of esters is 1. The molecule has 1 aliphatic rings. The number of rotatable bonds is 10. The summed E-state index contributed by atoms with van der Waals surface area (Å²) in [5, 5.41) is 15.8. The first-order valence-corrected chi connectivity index (χ1v) is 15.9. The molecule has 4 N–H and O–H groups in total. The molecule has 0 bridgehead atoms. The third-order valence-electron chi connectivity index (χ3n) is 7.70. The van der Waals surface area contributed by atoms with Crippen molar-refractivity contribution in [2.45, 2.75) is 70.9 Å². The van der Waals surface area contributed by atoms with E-state index in [-0.39, 0.29) is 17.6 Å². The van der Waals surface area contributed by atoms with Gasteiger partial charge >= 0.3 is 18.2 Å². The number of hydrogen-bond donors (Lipinski definition) is 3. The van der Waals surface area contributed by atoms with E-state index in [1.54, 1.807) is 24.3 Å². The minimum absolute atomic E-state index is 0.0837. The minimum atomic E-state index is -4.33. The third-order valence-corrected chi connectivity index (χ3v) is 7.70. The second-order valence-corrected chi connectivity index (χ2v) is 12.7. The summed E-state index contributed by atoms with van der Waals surface area (Å²) < 4.78 is 49.1. The zero-order valence-electron chi connectivity index (χ0n) is 28.5. The first kappa shape index (κ1) is 40.7. The van der Waals surface area contributed by atoms with Crippen molar-refractivity contribution in [1.29, 1.82) is 0 Å². The summed E-state index contributed by atoms with van der Waals surface area (Å²) in [5.41, 5.74) is 5.64. The van der Waals surface area contributed by atoms with Gasteiger partial charge in [-0.15, -0.1) is 4.91 Å². The molecule has 1 saturated carbocycles. The van der Waals surface area contributed by atoms with Crippen LogP contribution in [0.15, 0.2) is 90.2 Å². The van der Waals surface area contributed by atoms with Crippen LogP contribution < -0.4 is 15.8 Å². The Kier molecular flexibility index (Phi) is 16.2. The molecule has 0 aromatic heterocycles. The molecule has 4 rings (SSSR count). The number of benzene rings is 3. The number of nitrogens with two attached hydrogens (primary N) is 1. The van der Waals surface area contributed by atoms with E-state index in [1.165, 1.54) is 19.2 Å². The number of carbonyl (C=O) groups is 2. The molecule has 1 aliphatic carbocycles. The Balaban J connectivity index is 0.000000286. The molecule has 0 saturated heterocycles. The van der Waals surface area contributed by atoms with Gasteiger partial charge in [-0.2, -0.15) is 18.2 Å².